The monoisotopic (exact) mass is 263 g/mol. The maximum Gasteiger partial charge on any atom is 0.335 e. The molecule has 6 heteroatoms. The van der Waals surface area contributed by atoms with Gasteiger partial charge in [0.25, 0.3) is 0 Å². The second-order valence-electron chi connectivity index (χ2n) is 4.20. The summed E-state index contributed by atoms with van der Waals surface area (Å²) >= 11 is 0. The van der Waals surface area contributed by atoms with Crippen LogP contribution in [0.5, 0.6) is 0 Å². The van der Waals surface area contributed by atoms with Crippen molar-refractivity contribution in [2.24, 2.45) is 7.05 Å². The lowest BCUT2D eigenvalue weighted by Crippen LogP contribution is -2.15. The van der Waals surface area contributed by atoms with Gasteiger partial charge in [0.1, 0.15) is 5.82 Å². The van der Waals surface area contributed by atoms with Crippen LogP contribution in [0.15, 0.2) is 30.5 Å². The Morgan fingerprint density at radius 3 is 2.84 bits per heavy atom. The summed E-state index contributed by atoms with van der Waals surface area (Å²) in [4.78, 5) is 10.8. The van der Waals surface area contributed by atoms with Crippen LogP contribution < -0.4 is 5.32 Å². The maximum atomic E-state index is 13.5. The third-order valence-corrected chi connectivity index (χ3v) is 2.68. The molecule has 0 bridgehead atoms. The largest absolute Gasteiger partial charge is 0.478 e. The van der Waals surface area contributed by atoms with E-state index in [1.54, 1.807) is 4.68 Å². The Labute approximate surface area is 109 Å². The molecule has 0 amide bonds. The highest BCUT2D eigenvalue weighted by molar-refractivity contribution is 5.87. The van der Waals surface area contributed by atoms with Crippen molar-refractivity contribution in [3.05, 3.63) is 53.1 Å². The molecule has 0 saturated carbocycles. The normalized spacial score (nSPS) is 10.6. The molecular formula is C13H14FN3O2. The fourth-order valence-electron chi connectivity index (χ4n) is 1.73. The Morgan fingerprint density at radius 1 is 1.42 bits per heavy atom. The van der Waals surface area contributed by atoms with E-state index in [-0.39, 0.29) is 12.1 Å². The number of aromatic carboxylic acids is 1. The lowest BCUT2D eigenvalue weighted by molar-refractivity contribution is 0.0696. The minimum atomic E-state index is -1.06. The molecule has 0 unspecified atom stereocenters. The molecule has 2 rings (SSSR count). The third kappa shape index (κ3) is 3.38. The number of aromatic nitrogens is 2. The zero-order valence-electron chi connectivity index (χ0n) is 10.4. The van der Waals surface area contributed by atoms with Crippen molar-refractivity contribution in [3.63, 3.8) is 0 Å². The van der Waals surface area contributed by atoms with Gasteiger partial charge in [-0.25, -0.2) is 9.18 Å². The average molecular weight is 263 g/mol. The topological polar surface area (TPSA) is 67.2 Å². The Bertz CT molecular complexity index is 595. The zero-order valence-corrected chi connectivity index (χ0v) is 10.4. The van der Waals surface area contributed by atoms with E-state index in [1.807, 2.05) is 19.3 Å². The summed E-state index contributed by atoms with van der Waals surface area (Å²) in [5.74, 6) is -1.48. The lowest BCUT2D eigenvalue weighted by Gasteiger charge is -2.06. The van der Waals surface area contributed by atoms with Crippen molar-refractivity contribution < 1.29 is 14.3 Å². The number of hydrogen-bond donors (Lipinski definition) is 2. The first kappa shape index (κ1) is 13.2. The summed E-state index contributed by atoms with van der Waals surface area (Å²) < 4.78 is 15.2. The van der Waals surface area contributed by atoms with Crippen LogP contribution in [-0.4, -0.2) is 20.9 Å². The molecule has 0 aliphatic carbocycles. The Kier molecular flexibility index (Phi) is 3.91. The highest BCUT2D eigenvalue weighted by Crippen LogP contribution is 2.11. The van der Waals surface area contributed by atoms with Gasteiger partial charge in [-0.05, 0) is 24.3 Å². The van der Waals surface area contributed by atoms with Gasteiger partial charge < -0.3 is 10.4 Å². The van der Waals surface area contributed by atoms with E-state index < -0.39 is 11.8 Å². The molecule has 2 aromatic rings. The van der Waals surface area contributed by atoms with Crippen LogP contribution in [0, 0.1) is 5.82 Å². The number of nitrogens with one attached hydrogen (secondary N) is 1. The van der Waals surface area contributed by atoms with Gasteiger partial charge in [0.15, 0.2) is 0 Å². The van der Waals surface area contributed by atoms with E-state index in [0.717, 1.165) is 5.69 Å². The molecule has 0 aliphatic rings. The van der Waals surface area contributed by atoms with Crippen molar-refractivity contribution in [1.82, 2.24) is 15.1 Å². The van der Waals surface area contributed by atoms with Crippen molar-refractivity contribution >= 4 is 5.97 Å². The highest BCUT2D eigenvalue weighted by Gasteiger charge is 2.08. The van der Waals surface area contributed by atoms with E-state index in [0.29, 0.717) is 12.1 Å². The van der Waals surface area contributed by atoms with E-state index in [9.17, 15) is 9.18 Å². The molecule has 2 N–H and O–H groups in total. The molecule has 1 aromatic heterocycles. The van der Waals surface area contributed by atoms with Gasteiger partial charge in [0, 0.05) is 31.9 Å². The van der Waals surface area contributed by atoms with Crippen molar-refractivity contribution in [2.75, 3.05) is 0 Å². The number of aryl methyl sites for hydroxylation is 1. The molecule has 100 valence electrons. The number of carboxylic acids is 1. The Morgan fingerprint density at radius 2 is 2.21 bits per heavy atom. The predicted octanol–water partition coefficient (Wildman–Crippen LogP) is 1.55. The lowest BCUT2D eigenvalue weighted by atomic mass is 10.1. The van der Waals surface area contributed by atoms with Crippen LogP contribution in [-0.2, 0) is 20.1 Å². The third-order valence-electron chi connectivity index (χ3n) is 2.68. The molecule has 0 atom stereocenters. The number of halogens is 1. The Hall–Kier alpha value is -2.21. The molecule has 1 aromatic carbocycles. The molecule has 0 spiro atoms. The van der Waals surface area contributed by atoms with Crippen LogP contribution in [0.2, 0.25) is 0 Å². The molecule has 0 fully saturated rings. The first-order valence-corrected chi connectivity index (χ1v) is 5.77. The van der Waals surface area contributed by atoms with Gasteiger partial charge in [-0.15, -0.1) is 0 Å². The number of benzene rings is 1. The highest BCUT2D eigenvalue weighted by atomic mass is 19.1. The first-order chi connectivity index (χ1) is 9.06. The van der Waals surface area contributed by atoms with E-state index in [4.69, 9.17) is 5.11 Å². The summed E-state index contributed by atoms with van der Waals surface area (Å²) in [7, 11) is 1.82. The summed E-state index contributed by atoms with van der Waals surface area (Å²) in [6.07, 6.45) is 1.82. The first-order valence-electron chi connectivity index (χ1n) is 5.77. The molecule has 0 radical (unpaired) electrons. The number of carbonyl (C=O) groups is 1. The van der Waals surface area contributed by atoms with E-state index in [2.05, 4.69) is 10.4 Å². The van der Waals surface area contributed by atoms with Crippen LogP contribution in [0.25, 0.3) is 0 Å². The fraction of sp³-hybridized carbons (Fsp3) is 0.231. The Balaban J connectivity index is 1.99. The number of hydrogen-bond acceptors (Lipinski definition) is 3. The van der Waals surface area contributed by atoms with Gasteiger partial charge in [-0.1, -0.05) is 0 Å². The van der Waals surface area contributed by atoms with Crippen molar-refractivity contribution in [3.8, 4) is 0 Å². The second kappa shape index (κ2) is 5.62. The van der Waals surface area contributed by atoms with Crippen LogP contribution in [0.4, 0.5) is 4.39 Å². The van der Waals surface area contributed by atoms with Gasteiger partial charge in [-0.3, -0.25) is 4.68 Å². The van der Waals surface area contributed by atoms with Crippen molar-refractivity contribution in [2.45, 2.75) is 13.1 Å². The molecule has 0 aliphatic heterocycles. The zero-order chi connectivity index (χ0) is 13.8. The van der Waals surface area contributed by atoms with Crippen LogP contribution >= 0.6 is 0 Å². The summed E-state index contributed by atoms with van der Waals surface area (Å²) in [6, 6.07) is 5.61. The molecule has 19 heavy (non-hydrogen) atoms. The van der Waals surface area contributed by atoms with Gasteiger partial charge >= 0.3 is 5.97 Å². The molecule has 1 heterocycles. The minimum Gasteiger partial charge on any atom is -0.478 e. The number of rotatable bonds is 5. The van der Waals surface area contributed by atoms with E-state index in [1.165, 1.54) is 18.2 Å². The van der Waals surface area contributed by atoms with Crippen molar-refractivity contribution in [1.29, 1.82) is 0 Å². The standard InChI is InChI=1S/C13H14FN3O2/c1-17-5-4-11(16-17)8-15-7-10-6-9(13(18)19)2-3-12(10)14/h2-6,15H,7-8H2,1H3,(H,18,19). The fourth-order valence-corrected chi connectivity index (χ4v) is 1.73. The SMILES string of the molecule is Cn1ccc(CNCc2cc(C(=O)O)ccc2F)n1. The second-order valence-corrected chi connectivity index (χ2v) is 4.20. The minimum absolute atomic E-state index is 0.0797. The van der Waals surface area contributed by atoms with E-state index >= 15 is 0 Å². The van der Waals surface area contributed by atoms with Crippen LogP contribution in [0.1, 0.15) is 21.6 Å². The summed E-state index contributed by atoms with van der Waals surface area (Å²) in [6.45, 7) is 0.751. The van der Waals surface area contributed by atoms with Crippen LogP contribution in [0.3, 0.4) is 0 Å². The predicted molar refractivity (Wildman–Crippen MR) is 67.1 cm³/mol. The van der Waals surface area contributed by atoms with Gasteiger partial charge in [0.05, 0.1) is 11.3 Å². The quantitative estimate of drug-likeness (QED) is 0.858. The maximum absolute atomic E-state index is 13.5. The number of nitrogens with zero attached hydrogens (tertiary/aromatic N) is 2. The van der Waals surface area contributed by atoms with Gasteiger partial charge in [0.2, 0.25) is 0 Å². The molecule has 5 nitrogen and oxygen atoms in total. The average Bonchev–Trinajstić information content (AvgIpc) is 2.77. The van der Waals surface area contributed by atoms with Gasteiger partial charge in [-0.2, -0.15) is 5.10 Å². The summed E-state index contributed by atoms with van der Waals surface area (Å²) in [5, 5.41) is 16.1. The smallest absolute Gasteiger partial charge is 0.335 e. The summed E-state index contributed by atoms with van der Waals surface area (Å²) in [5.41, 5.74) is 1.25. The molecular weight excluding hydrogens is 249 g/mol. The molecule has 0 saturated heterocycles. The number of carboxylic acid groups (broad SMARTS) is 1.